The van der Waals surface area contributed by atoms with Gasteiger partial charge in [-0.25, -0.2) is 0 Å². The molecule has 0 rings (SSSR count). The van der Waals surface area contributed by atoms with Crippen LogP contribution in [0.25, 0.3) is 0 Å². The van der Waals surface area contributed by atoms with Crippen molar-refractivity contribution in [1.82, 2.24) is 0 Å². The molecule has 2 unspecified atom stereocenters. The van der Waals surface area contributed by atoms with E-state index in [2.05, 4.69) is 4.74 Å². The van der Waals surface area contributed by atoms with Gasteiger partial charge in [0.25, 0.3) is 0 Å². The topological polar surface area (TPSA) is 61.5 Å². The monoisotopic (exact) mass is 189 g/mol. The number of carbonyl (C=O) groups is 1. The molecular formula is C9H19NO3. The van der Waals surface area contributed by atoms with Gasteiger partial charge in [0.05, 0.1) is 18.6 Å². The fourth-order valence-corrected chi connectivity index (χ4v) is 1.21. The highest BCUT2D eigenvalue weighted by molar-refractivity contribution is 5.76. The van der Waals surface area contributed by atoms with Gasteiger partial charge in [-0.05, 0) is 20.3 Å². The van der Waals surface area contributed by atoms with Crippen molar-refractivity contribution in [2.75, 3.05) is 20.8 Å². The Labute approximate surface area is 79.4 Å². The molecule has 13 heavy (non-hydrogen) atoms. The number of ether oxygens (including phenoxy) is 2. The third kappa shape index (κ3) is 3.32. The first-order valence-corrected chi connectivity index (χ1v) is 4.31. The summed E-state index contributed by atoms with van der Waals surface area (Å²) in [5.41, 5.74) is 4.90. The highest BCUT2D eigenvalue weighted by Crippen LogP contribution is 2.24. The average molecular weight is 189 g/mol. The van der Waals surface area contributed by atoms with Crippen LogP contribution in [0, 0.1) is 5.41 Å². The summed E-state index contributed by atoms with van der Waals surface area (Å²) in [6.45, 7) is 3.96. The highest BCUT2D eigenvalue weighted by atomic mass is 16.5. The van der Waals surface area contributed by atoms with Crippen molar-refractivity contribution >= 4 is 5.97 Å². The van der Waals surface area contributed by atoms with E-state index in [1.807, 2.05) is 6.92 Å². The molecule has 4 heteroatoms. The first-order valence-electron chi connectivity index (χ1n) is 4.31. The molecule has 0 aliphatic rings. The Hall–Kier alpha value is -0.610. The summed E-state index contributed by atoms with van der Waals surface area (Å²) in [6.07, 6.45) is 0.583. The minimum atomic E-state index is -0.635. The van der Waals surface area contributed by atoms with E-state index in [1.165, 1.54) is 7.11 Å². The molecule has 0 spiro atoms. The Morgan fingerprint density at radius 1 is 1.54 bits per heavy atom. The quantitative estimate of drug-likeness (QED) is 0.641. The van der Waals surface area contributed by atoms with Crippen molar-refractivity contribution in [3.05, 3.63) is 0 Å². The molecule has 0 heterocycles. The van der Waals surface area contributed by atoms with E-state index in [0.717, 1.165) is 0 Å². The lowest BCUT2D eigenvalue weighted by molar-refractivity contribution is -0.153. The lowest BCUT2D eigenvalue weighted by Gasteiger charge is -2.27. The van der Waals surface area contributed by atoms with Crippen molar-refractivity contribution in [2.24, 2.45) is 11.1 Å². The maximum atomic E-state index is 11.4. The molecule has 0 aliphatic heterocycles. The predicted octanol–water partition coefficient (Wildman–Crippen LogP) is 0.549. The summed E-state index contributed by atoms with van der Waals surface area (Å²) in [6, 6.07) is 0. The maximum Gasteiger partial charge on any atom is 0.312 e. The van der Waals surface area contributed by atoms with E-state index in [1.54, 1.807) is 14.0 Å². The Kier molecular flexibility index (Phi) is 4.95. The van der Waals surface area contributed by atoms with Gasteiger partial charge in [0.15, 0.2) is 0 Å². The second kappa shape index (κ2) is 5.19. The van der Waals surface area contributed by atoms with Gasteiger partial charge in [-0.15, -0.1) is 0 Å². The van der Waals surface area contributed by atoms with Crippen LogP contribution in [0.2, 0.25) is 0 Å². The number of esters is 1. The van der Waals surface area contributed by atoms with Crippen molar-refractivity contribution in [3.63, 3.8) is 0 Å². The van der Waals surface area contributed by atoms with Crippen molar-refractivity contribution < 1.29 is 14.3 Å². The van der Waals surface area contributed by atoms with Gasteiger partial charge < -0.3 is 15.2 Å². The van der Waals surface area contributed by atoms with Crippen LogP contribution in [0.5, 0.6) is 0 Å². The average Bonchev–Trinajstić information content (AvgIpc) is 2.15. The molecule has 0 saturated heterocycles. The molecule has 0 bridgehead atoms. The van der Waals surface area contributed by atoms with Gasteiger partial charge in [-0.3, -0.25) is 4.79 Å². The summed E-state index contributed by atoms with van der Waals surface area (Å²) in [7, 11) is 2.98. The van der Waals surface area contributed by atoms with Crippen molar-refractivity contribution in [1.29, 1.82) is 0 Å². The molecule has 2 N–H and O–H groups in total. The molecular weight excluding hydrogens is 170 g/mol. The van der Waals surface area contributed by atoms with E-state index in [9.17, 15) is 4.79 Å². The summed E-state index contributed by atoms with van der Waals surface area (Å²) in [5, 5.41) is 0. The standard InChI is InChI=1S/C9H19NO3/c1-7(12-3)5-9(2,6-10)8(11)13-4/h7H,5-6,10H2,1-4H3. The molecule has 0 fully saturated rings. The third-order valence-electron chi connectivity index (χ3n) is 2.27. The predicted molar refractivity (Wildman–Crippen MR) is 50.3 cm³/mol. The van der Waals surface area contributed by atoms with E-state index in [0.29, 0.717) is 6.42 Å². The second-order valence-corrected chi connectivity index (χ2v) is 3.51. The van der Waals surface area contributed by atoms with Crippen molar-refractivity contribution in [3.8, 4) is 0 Å². The summed E-state index contributed by atoms with van der Waals surface area (Å²) < 4.78 is 9.76. The first kappa shape index (κ1) is 12.4. The SMILES string of the molecule is COC(=O)C(C)(CN)CC(C)OC. The number of methoxy groups -OCH3 is 2. The van der Waals surface area contributed by atoms with Crippen LogP contribution in [-0.4, -0.2) is 32.8 Å². The van der Waals surface area contributed by atoms with Gasteiger partial charge in [-0.1, -0.05) is 0 Å². The number of hydrogen-bond donors (Lipinski definition) is 1. The van der Waals surface area contributed by atoms with Gasteiger partial charge in [0, 0.05) is 13.7 Å². The maximum absolute atomic E-state index is 11.4. The number of hydrogen-bond acceptors (Lipinski definition) is 4. The number of nitrogens with two attached hydrogens (primary N) is 1. The molecule has 0 amide bonds. The Balaban J connectivity index is 4.35. The molecule has 4 nitrogen and oxygen atoms in total. The van der Waals surface area contributed by atoms with Gasteiger partial charge in [0.1, 0.15) is 0 Å². The smallest absolute Gasteiger partial charge is 0.312 e. The minimum Gasteiger partial charge on any atom is -0.469 e. The Morgan fingerprint density at radius 3 is 2.38 bits per heavy atom. The molecule has 0 aliphatic carbocycles. The molecule has 0 aromatic rings. The third-order valence-corrected chi connectivity index (χ3v) is 2.27. The largest absolute Gasteiger partial charge is 0.469 e. The van der Waals surface area contributed by atoms with E-state index < -0.39 is 5.41 Å². The minimum absolute atomic E-state index is 0.00708. The zero-order valence-electron chi connectivity index (χ0n) is 8.79. The van der Waals surface area contributed by atoms with Gasteiger partial charge in [0.2, 0.25) is 0 Å². The van der Waals surface area contributed by atoms with Crippen LogP contribution in [-0.2, 0) is 14.3 Å². The zero-order chi connectivity index (χ0) is 10.5. The van der Waals surface area contributed by atoms with Crippen LogP contribution < -0.4 is 5.73 Å². The molecule has 2 atom stereocenters. The first-order chi connectivity index (χ1) is 6.00. The number of carbonyl (C=O) groups excluding carboxylic acids is 1. The normalized spacial score (nSPS) is 17.6. The van der Waals surface area contributed by atoms with Crippen LogP contribution in [0.15, 0.2) is 0 Å². The van der Waals surface area contributed by atoms with Crippen molar-refractivity contribution in [2.45, 2.75) is 26.4 Å². The van der Waals surface area contributed by atoms with Crippen LogP contribution in [0.3, 0.4) is 0 Å². The highest BCUT2D eigenvalue weighted by Gasteiger charge is 2.34. The molecule has 0 saturated carbocycles. The van der Waals surface area contributed by atoms with Gasteiger partial charge in [-0.2, -0.15) is 0 Å². The van der Waals surface area contributed by atoms with Crippen LogP contribution in [0.4, 0.5) is 0 Å². The Morgan fingerprint density at radius 2 is 2.08 bits per heavy atom. The Bertz CT molecular complexity index is 172. The molecule has 78 valence electrons. The lowest BCUT2D eigenvalue weighted by Crippen LogP contribution is -2.39. The van der Waals surface area contributed by atoms with E-state index >= 15 is 0 Å². The van der Waals surface area contributed by atoms with Gasteiger partial charge >= 0.3 is 5.97 Å². The number of rotatable bonds is 5. The van der Waals surface area contributed by atoms with E-state index in [-0.39, 0.29) is 18.6 Å². The van der Waals surface area contributed by atoms with Crippen LogP contribution in [0.1, 0.15) is 20.3 Å². The zero-order valence-corrected chi connectivity index (χ0v) is 8.79. The lowest BCUT2D eigenvalue weighted by atomic mass is 9.85. The summed E-state index contributed by atoms with van der Waals surface area (Å²) in [5.74, 6) is -0.279. The second-order valence-electron chi connectivity index (χ2n) is 3.51. The fourth-order valence-electron chi connectivity index (χ4n) is 1.21. The fraction of sp³-hybridized carbons (Fsp3) is 0.889. The molecule has 0 aromatic heterocycles. The van der Waals surface area contributed by atoms with E-state index in [4.69, 9.17) is 10.5 Å². The molecule has 0 aromatic carbocycles. The summed E-state index contributed by atoms with van der Waals surface area (Å²) >= 11 is 0. The molecule has 0 radical (unpaired) electrons. The summed E-state index contributed by atoms with van der Waals surface area (Å²) in [4.78, 5) is 11.4. The van der Waals surface area contributed by atoms with Crippen LogP contribution >= 0.6 is 0 Å².